The van der Waals surface area contributed by atoms with Gasteiger partial charge in [-0.3, -0.25) is 4.79 Å². The van der Waals surface area contributed by atoms with Gasteiger partial charge in [0.05, 0.1) is 6.61 Å². The minimum absolute atomic E-state index is 0.0208. The van der Waals surface area contributed by atoms with E-state index >= 15 is 0 Å². The molecule has 0 N–H and O–H groups in total. The SMILES string of the molecule is CCOc1cc(/C=C(\C#N)C(=O)N2CCc3ccccc32)ccc1OC(=O)c1cccs1. The third-order valence-electron chi connectivity index (χ3n) is 4.99. The molecule has 2 aromatic carbocycles. The zero-order valence-corrected chi connectivity index (χ0v) is 18.2. The topological polar surface area (TPSA) is 79.6 Å². The van der Waals surface area contributed by atoms with Gasteiger partial charge in [0.25, 0.3) is 5.91 Å². The van der Waals surface area contributed by atoms with Gasteiger partial charge in [-0.2, -0.15) is 5.26 Å². The number of fused-ring (bicyclic) bond motifs is 1. The molecule has 0 aliphatic carbocycles. The molecular formula is C25H20N2O4S. The van der Waals surface area contributed by atoms with Crippen molar-refractivity contribution in [2.45, 2.75) is 13.3 Å². The molecule has 1 aliphatic heterocycles. The highest BCUT2D eigenvalue weighted by atomic mass is 32.1. The van der Waals surface area contributed by atoms with Gasteiger partial charge in [0, 0.05) is 12.2 Å². The fourth-order valence-electron chi connectivity index (χ4n) is 3.52. The van der Waals surface area contributed by atoms with Crippen LogP contribution in [0.2, 0.25) is 0 Å². The Morgan fingerprint density at radius 1 is 1.16 bits per heavy atom. The summed E-state index contributed by atoms with van der Waals surface area (Å²) in [6.07, 6.45) is 2.29. The highest BCUT2D eigenvalue weighted by Gasteiger charge is 2.26. The van der Waals surface area contributed by atoms with Gasteiger partial charge >= 0.3 is 5.97 Å². The van der Waals surface area contributed by atoms with E-state index in [1.165, 1.54) is 17.4 Å². The normalized spacial score (nSPS) is 12.8. The van der Waals surface area contributed by atoms with E-state index in [4.69, 9.17) is 9.47 Å². The summed E-state index contributed by atoms with van der Waals surface area (Å²) in [5, 5.41) is 11.5. The Morgan fingerprint density at radius 3 is 2.75 bits per heavy atom. The third-order valence-corrected chi connectivity index (χ3v) is 5.84. The number of thiophene rings is 1. The number of para-hydroxylation sites is 1. The Labute approximate surface area is 189 Å². The number of hydrogen-bond acceptors (Lipinski definition) is 6. The van der Waals surface area contributed by atoms with Gasteiger partial charge in [-0.05, 0) is 60.2 Å². The zero-order valence-electron chi connectivity index (χ0n) is 17.4. The Morgan fingerprint density at radius 2 is 2.00 bits per heavy atom. The van der Waals surface area contributed by atoms with Gasteiger partial charge in [0.1, 0.15) is 16.5 Å². The summed E-state index contributed by atoms with van der Waals surface area (Å²) >= 11 is 1.29. The first-order valence-electron chi connectivity index (χ1n) is 10.1. The Balaban J connectivity index is 1.59. The van der Waals surface area contributed by atoms with Gasteiger partial charge < -0.3 is 14.4 Å². The second-order valence-corrected chi connectivity index (χ2v) is 7.96. The van der Waals surface area contributed by atoms with Gasteiger partial charge in [0.15, 0.2) is 11.5 Å². The first-order valence-corrected chi connectivity index (χ1v) is 11.0. The number of nitrogens with zero attached hydrogens (tertiary/aromatic N) is 2. The van der Waals surface area contributed by atoms with Gasteiger partial charge in [-0.15, -0.1) is 11.3 Å². The lowest BCUT2D eigenvalue weighted by Gasteiger charge is -2.16. The van der Waals surface area contributed by atoms with E-state index in [0.29, 0.717) is 29.3 Å². The van der Waals surface area contributed by atoms with E-state index in [1.54, 1.807) is 40.6 Å². The Hall–Kier alpha value is -3.89. The molecule has 0 saturated carbocycles. The van der Waals surface area contributed by atoms with Crippen LogP contribution in [0.15, 0.2) is 65.6 Å². The lowest BCUT2D eigenvalue weighted by molar-refractivity contribution is -0.114. The molecule has 32 heavy (non-hydrogen) atoms. The Kier molecular flexibility index (Phi) is 6.34. The van der Waals surface area contributed by atoms with Crippen LogP contribution in [0.5, 0.6) is 11.5 Å². The summed E-state index contributed by atoms with van der Waals surface area (Å²) in [4.78, 5) is 27.5. The molecule has 4 rings (SSSR count). The molecule has 0 unspecified atom stereocenters. The summed E-state index contributed by atoms with van der Waals surface area (Å²) in [6.45, 7) is 2.73. The van der Waals surface area contributed by atoms with Crippen molar-refractivity contribution in [3.8, 4) is 17.6 Å². The monoisotopic (exact) mass is 444 g/mol. The van der Waals surface area contributed by atoms with E-state index in [0.717, 1.165) is 17.7 Å². The van der Waals surface area contributed by atoms with E-state index < -0.39 is 5.97 Å². The van der Waals surface area contributed by atoms with Crippen LogP contribution in [-0.2, 0) is 11.2 Å². The molecule has 0 radical (unpaired) electrons. The van der Waals surface area contributed by atoms with Crippen molar-refractivity contribution >= 4 is 35.0 Å². The molecular weight excluding hydrogens is 424 g/mol. The van der Waals surface area contributed by atoms with E-state index in [9.17, 15) is 14.9 Å². The van der Waals surface area contributed by atoms with Crippen molar-refractivity contribution in [2.75, 3.05) is 18.1 Å². The van der Waals surface area contributed by atoms with Gasteiger partial charge in [-0.25, -0.2) is 4.79 Å². The van der Waals surface area contributed by atoms with E-state index in [-0.39, 0.29) is 17.2 Å². The number of hydrogen-bond donors (Lipinski definition) is 0. The van der Waals surface area contributed by atoms with Crippen LogP contribution in [0.1, 0.15) is 27.7 Å². The molecule has 1 aliphatic rings. The molecule has 0 fully saturated rings. The Bertz CT molecular complexity index is 1220. The van der Waals surface area contributed by atoms with Crippen molar-refractivity contribution < 1.29 is 19.1 Å². The molecule has 1 aromatic heterocycles. The second kappa shape index (κ2) is 9.50. The number of esters is 1. The van der Waals surface area contributed by atoms with Crippen LogP contribution in [-0.4, -0.2) is 25.0 Å². The van der Waals surface area contributed by atoms with Crippen LogP contribution in [0.3, 0.4) is 0 Å². The fourth-order valence-corrected chi connectivity index (χ4v) is 4.11. The van der Waals surface area contributed by atoms with Crippen LogP contribution < -0.4 is 14.4 Å². The molecule has 6 nitrogen and oxygen atoms in total. The van der Waals surface area contributed by atoms with Crippen LogP contribution >= 0.6 is 11.3 Å². The predicted molar refractivity (Wildman–Crippen MR) is 123 cm³/mol. The van der Waals surface area contributed by atoms with E-state index in [1.807, 2.05) is 37.3 Å². The summed E-state index contributed by atoms with van der Waals surface area (Å²) in [5.74, 6) is -0.170. The van der Waals surface area contributed by atoms with Crippen LogP contribution in [0, 0.1) is 11.3 Å². The molecule has 0 atom stereocenters. The molecule has 3 aromatic rings. The zero-order chi connectivity index (χ0) is 22.5. The predicted octanol–water partition coefficient (Wildman–Crippen LogP) is 4.86. The molecule has 0 spiro atoms. The summed E-state index contributed by atoms with van der Waals surface area (Å²) < 4.78 is 11.1. The number of benzene rings is 2. The number of rotatable bonds is 6. The number of amides is 1. The van der Waals surface area contributed by atoms with Gasteiger partial charge in [0.2, 0.25) is 0 Å². The molecule has 160 valence electrons. The highest BCUT2D eigenvalue weighted by Crippen LogP contribution is 2.32. The highest BCUT2D eigenvalue weighted by molar-refractivity contribution is 7.12. The van der Waals surface area contributed by atoms with Crippen molar-refractivity contribution in [3.63, 3.8) is 0 Å². The minimum atomic E-state index is -0.468. The van der Waals surface area contributed by atoms with Crippen molar-refractivity contribution in [2.24, 2.45) is 0 Å². The number of ether oxygens (including phenoxy) is 2. The summed E-state index contributed by atoms with van der Waals surface area (Å²) in [7, 11) is 0. The maximum absolute atomic E-state index is 13.0. The number of nitriles is 1. The molecule has 2 heterocycles. The van der Waals surface area contributed by atoms with Crippen molar-refractivity contribution in [3.05, 3.63) is 81.6 Å². The second-order valence-electron chi connectivity index (χ2n) is 7.01. The lowest BCUT2D eigenvalue weighted by atomic mass is 10.1. The third kappa shape index (κ3) is 4.41. The fraction of sp³-hybridized carbons (Fsp3) is 0.160. The lowest BCUT2D eigenvalue weighted by Crippen LogP contribution is -2.29. The first kappa shape index (κ1) is 21.3. The average molecular weight is 445 g/mol. The largest absolute Gasteiger partial charge is 0.490 e. The molecule has 7 heteroatoms. The van der Waals surface area contributed by atoms with Crippen LogP contribution in [0.4, 0.5) is 5.69 Å². The molecule has 0 bridgehead atoms. The van der Waals surface area contributed by atoms with Crippen LogP contribution in [0.25, 0.3) is 6.08 Å². The number of carbonyl (C=O) groups excluding carboxylic acids is 2. The summed E-state index contributed by atoms with van der Waals surface area (Å²) in [6, 6.07) is 18.1. The van der Waals surface area contributed by atoms with Crippen molar-refractivity contribution in [1.29, 1.82) is 5.26 Å². The minimum Gasteiger partial charge on any atom is -0.490 e. The van der Waals surface area contributed by atoms with E-state index in [2.05, 4.69) is 0 Å². The van der Waals surface area contributed by atoms with Gasteiger partial charge in [-0.1, -0.05) is 30.3 Å². The standard InChI is InChI=1S/C25H20N2O4S/c1-2-30-22-15-17(9-10-21(22)31-25(29)23-8-5-13-32-23)14-19(16-26)24(28)27-12-11-18-6-3-4-7-20(18)27/h3-10,13-15H,2,11-12H2,1H3/b19-14+. The summed E-state index contributed by atoms with van der Waals surface area (Å²) in [5.41, 5.74) is 2.55. The number of carbonyl (C=O) groups is 2. The smallest absolute Gasteiger partial charge is 0.353 e. The maximum Gasteiger partial charge on any atom is 0.353 e. The van der Waals surface area contributed by atoms with Crippen molar-refractivity contribution in [1.82, 2.24) is 0 Å². The quantitative estimate of drug-likeness (QED) is 0.235. The first-order chi connectivity index (χ1) is 15.6. The maximum atomic E-state index is 13.0. The average Bonchev–Trinajstić information content (AvgIpc) is 3.49. The molecule has 0 saturated heterocycles. The molecule has 1 amide bonds. The number of anilines is 1.